The standard InChI is InChI=1S/C28H34N6O6S/c1-17(2)26(28(39)29-21(14-25(37)38)22(35)16-41-15-18-8-6-5-7-9-18)30-24(36)13-20-12-19(10-11-23(20)40-4)27-31-32-33-34(27)3/h5-12,17,21,26H,13-16H2,1-4H3,(H,29,39)(H,30,36)(H,37,38). The van der Waals surface area contributed by atoms with Crippen LogP contribution in [0.1, 0.15) is 31.4 Å². The number of aryl methyl sites for hydroxylation is 1. The van der Waals surface area contributed by atoms with Gasteiger partial charge >= 0.3 is 5.97 Å². The van der Waals surface area contributed by atoms with Crippen LogP contribution in [0.15, 0.2) is 48.5 Å². The molecule has 0 aliphatic heterocycles. The van der Waals surface area contributed by atoms with Crippen molar-refractivity contribution >= 4 is 35.3 Å². The normalized spacial score (nSPS) is 12.4. The topological polar surface area (TPSA) is 165 Å². The molecule has 41 heavy (non-hydrogen) atoms. The molecule has 3 aromatic rings. The van der Waals surface area contributed by atoms with Crippen LogP contribution in [0, 0.1) is 5.92 Å². The lowest BCUT2D eigenvalue weighted by molar-refractivity contribution is -0.140. The molecule has 0 saturated heterocycles. The molecule has 3 N–H and O–H groups in total. The smallest absolute Gasteiger partial charge is 0.305 e. The molecule has 0 saturated carbocycles. The van der Waals surface area contributed by atoms with E-state index < -0.39 is 42.1 Å². The number of carboxylic acids is 1. The summed E-state index contributed by atoms with van der Waals surface area (Å²) in [5, 5.41) is 26.1. The number of hydrogen-bond acceptors (Lipinski definition) is 9. The highest BCUT2D eigenvalue weighted by Crippen LogP contribution is 2.25. The number of amides is 2. The van der Waals surface area contributed by atoms with Gasteiger partial charge in [0.2, 0.25) is 11.8 Å². The Morgan fingerprint density at radius 3 is 2.41 bits per heavy atom. The number of thioether (sulfide) groups is 1. The summed E-state index contributed by atoms with van der Waals surface area (Å²) >= 11 is 1.34. The number of rotatable bonds is 15. The number of tetrazole rings is 1. The first-order chi connectivity index (χ1) is 19.6. The Morgan fingerprint density at radius 1 is 1.07 bits per heavy atom. The predicted octanol–water partition coefficient (Wildman–Crippen LogP) is 2.03. The van der Waals surface area contributed by atoms with E-state index in [2.05, 4.69) is 26.2 Å². The maximum absolute atomic E-state index is 13.2. The fraction of sp³-hybridized carbons (Fsp3) is 0.393. The Hall–Kier alpha value is -4.26. The fourth-order valence-corrected chi connectivity index (χ4v) is 5.02. The molecule has 218 valence electrons. The molecule has 13 heteroatoms. The molecule has 0 fully saturated rings. The van der Waals surface area contributed by atoms with Gasteiger partial charge in [-0.25, -0.2) is 4.68 Å². The first-order valence-electron chi connectivity index (χ1n) is 12.9. The molecular formula is C28H34N6O6S. The van der Waals surface area contributed by atoms with E-state index >= 15 is 0 Å². The number of methoxy groups -OCH3 is 1. The van der Waals surface area contributed by atoms with Crippen molar-refractivity contribution in [3.8, 4) is 17.1 Å². The van der Waals surface area contributed by atoms with Crippen LogP contribution >= 0.6 is 11.8 Å². The number of aliphatic carboxylic acids is 1. The van der Waals surface area contributed by atoms with Gasteiger partial charge in [0, 0.05) is 23.9 Å². The lowest BCUT2D eigenvalue weighted by Gasteiger charge is -2.25. The maximum atomic E-state index is 13.2. The van der Waals surface area contributed by atoms with Gasteiger partial charge in [0.05, 0.1) is 31.7 Å². The number of nitrogens with zero attached hydrogens (tertiary/aromatic N) is 4. The molecule has 12 nitrogen and oxygen atoms in total. The number of hydrogen-bond donors (Lipinski definition) is 3. The zero-order valence-corrected chi connectivity index (χ0v) is 24.2. The lowest BCUT2D eigenvalue weighted by atomic mass is 10.0. The minimum Gasteiger partial charge on any atom is -0.496 e. The predicted molar refractivity (Wildman–Crippen MR) is 153 cm³/mol. The van der Waals surface area contributed by atoms with Crippen molar-refractivity contribution in [3.05, 3.63) is 59.7 Å². The van der Waals surface area contributed by atoms with Crippen LogP contribution in [-0.2, 0) is 38.4 Å². The van der Waals surface area contributed by atoms with Crippen molar-refractivity contribution in [3.63, 3.8) is 0 Å². The largest absolute Gasteiger partial charge is 0.496 e. The molecule has 1 aromatic heterocycles. The minimum absolute atomic E-state index is 0.0308. The van der Waals surface area contributed by atoms with Crippen molar-refractivity contribution in [2.24, 2.45) is 13.0 Å². The van der Waals surface area contributed by atoms with Gasteiger partial charge in [0.15, 0.2) is 11.6 Å². The third-order valence-corrected chi connectivity index (χ3v) is 7.24. The summed E-state index contributed by atoms with van der Waals surface area (Å²) in [7, 11) is 3.19. The van der Waals surface area contributed by atoms with Gasteiger partial charge in [-0.2, -0.15) is 0 Å². The second kappa shape index (κ2) is 14.9. The molecule has 0 spiro atoms. The van der Waals surface area contributed by atoms with Crippen LogP contribution in [0.3, 0.4) is 0 Å². The van der Waals surface area contributed by atoms with Crippen molar-refractivity contribution in [1.82, 2.24) is 30.8 Å². The summed E-state index contributed by atoms with van der Waals surface area (Å²) in [6, 6.07) is 12.5. The number of ketones is 1. The van der Waals surface area contributed by atoms with Crippen LogP contribution < -0.4 is 15.4 Å². The van der Waals surface area contributed by atoms with E-state index in [1.54, 1.807) is 39.1 Å². The summed E-state index contributed by atoms with van der Waals surface area (Å²) in [5.41, 5.74) is 2.27. The highest BCUT2D eigenvalue weighted by atomic mass is 32.2. The van der Waals surface area contributed by atoms with E-state index in [-0.39, 0.29) is 18.1 Å². The average molecular weight is 583 g/mol. The van der Waals surface area contributed by atoms with Crippen LogP contribution in [0.4, 0.5) is 0 Å². The Bertz CT molecular complexity index is 1360. The summed E-state index contributed by atoms with van der Waals surface area (Å²) in [6.07, 6.45) is -0.664. The van der Waals surface area contributed by atoms with E-state index in [0.29, 0.717) is 28.5 Å². The van der Waals surface area contributed by atoms with Gasteiger partial charge in [0.25, 0.3) is 0 Å². The number of ether oxygens (including phenoxy) is 1. The number of benzene rings is 2. The second-order valence-electron chi connectivity index (χ2n) is 9.72. The minimum atomic E-state index is -1.22. The average Bonchev–Trinajstić information content (AvgIpc) is 3.37. The van der Waals surface area contributed by atoms with Crippen LogP contribution in [0.25, 0.3) is 11.4 Å². The van der Waals surface area contributed by atoms with E-state index in [4.69, 9.17) is 4.74 Å². The Kier molecular flexibility index (Phi) is 11.4. The van der Waals surface area contributed by atoms with E-state index in [1.807, 2.05) is 30.3 Å². The van der Waals surface area contributed by atoms with Crippen molar-refractivity contribution in [2.45, 2.75) is 44.5 Å². The molecule has 3 rings (SSSR count). The van der Waals surface area contributed by atoms with Crippen LogP contribution in [0.5, 0.6) is 5.75 Å². The third kappa shape index (κ3) is 9.13. The SMILES string of the molecule is COc1ccc(-c2nnnn2C)cc1CC(=O)NC(C(=O)NC(CC(=O)O)C(=O)CSCc1ccccc1)C(C)C. The molecule has 0 bridgehead atoms. The monoisotopic (exact) mass is 582 g/mol. The maximum Gasteiger partial charge on any atom is 0.305 e. The number of nitrogens with one attached hydrogen (secondary N) is 2. The summed E-state index contributed by atoms with van der Waals surface area (Å²) in [5.74, 6) is -1.47. The summed E-state index contributed by atoms with van der Waals surface area (Å²) in [6.45, 7) is 3.49. The lowest BCUT2D eigenvalue weighted by Crippen LogP contribution is -2.54. The second-order valence-corrected chi connectivity index (χ2v) is 10.7. The first-order valence-corrected chi connectivity index (χ1v) is 14.1. The number of carboxylic acid groups (broad SMARTS) is 1. The van der Waals surface area contributed by atoms with Gasteiger partial charge in [0.1, 0.15) is 11.8 Å². The van der Waals surface area contributed by atoms with Crippen LogP contribution in [-0.4, -0.2) is 73.8 Å². The van der Waals surface area contributed by atoms with Crippen molar-refractivity contribution < 1.29 is 29.0 Å². The molecular weight excluding hydrogens is 548 g/mol. The van der Waals surface area contributed by atoms with Gasteiger partial charge in [-0.3, -0.25) is 19.2 Å². The molecule has 0 radical (unpaired) electrons. The van der Waals surface area contributed by atoms with E-state index in [9.17, 15) is 24.3 Å². The van der Waals surface area contributed by atoms with Gasteiger partial charge in [-0.1, -0.05) is 44.2 Å². The molecule has 2 atom stereocenters. The molecule has 2 unspecified atom stereocenters. The van der Waals surface area contributed by atoms with Gasteiger partial charge in [-0.05, 0) is 40.1 Å². The number of carbonyl (C=O) groups is 4. The molecule has 2 aromatic carbocycles. The third-order valence-electron chi connectivity index (χ3n) is 6.22. The van der Waals surface area contributed by atoms with Crippen molar-refractivity contribution in [1.29, 1.82) is 0 Å². The first kappa shape index (κ1) is 31.3. The molecule has 1 heterocycles. The quantitative estimate of drug-likeness (QED) is 0.241. The van der Waals surface area contributed by atoms with E-state index in [1.165, 1.54) is 23.6 Å². The highest BCUT2D eigenvalue weighted by molar-refractivity contribution is 7.99. The number of Topliss-reactive ketones (excluding diaryl/α,β-unsaturated/α-hetero) is 1. The molecule has 0 aliphatic carbocycles. The van der Waals surface area contributed by atoms with Crippen molar-refractivity contribution in [2.75, 3.05) is 12.9 Å². The van der Waals surface area contributed by atoms with E-state index in [0.717, 1.165) is 5.56 Å². The molecule has 2 amide bonds. The van der Waals surface area contributed by atoms with Crippen LogP contribution in [0.2, 0.25) is 0 Å². The number of carbonyl (C=O) groups excluding carboxylic acids is 3. The summed E-state index contributed by atoms with van der Waals surface area (Å²) < 4.78 is 6.91. The zero-order valence-electron chi connectivity index (χ0n) is 23.4. The Morgan fingerprint density at radius 2 is 1.80 bits per heavy atom. The van der Waals surface area contributed by atoms with Gasteiger partial charge < -0.3 is 20.5 Å². The Labute approximate surface area is 242 Å². The summed E-state index contributed by atoms with van der Waals surface area (Å²) in [4.78, 5) is 50.6. The van der Waals surface area contributed by atoms with Gasteiger partial charge in [-0.15, -0.1) is 16.9 Å². The Balaban J connectivity index is 1.67. The highest BCUT2D eigenvalue weighted by Gasteiger charge is 2.30. The zero-order chi connectivity index (χ0) is 29.9. The number of aromatic nitrogens is 4. The molecule has 0 aliphatic rings. The fourth-order valence-electron chi connectivity index (χ4n) is 4.09.